The van der Waals surface area contributed by atoms with Gasteiger partial charge in [0.1, 0.15) is 18.2 Å². The monoisotopic (exact) mass is 337 g/mol. The van der Waals surface area contributed by atoms with E-state index in [1.807, 2.05) is 7.05 Å². The summed E-state index contributed by atoms with van der Waals surface area (Å²) in [6.07, 6.45) is 1.02. The van der Waals surface area contributed by atoms with Crippen molar-refractivity contribution in [2.45, 2.75) is 13.0 Å². The number of rotatable bonds is 6. The van der Waals surface area contributed by atoms with Crippen molar-refractivity contribution in [3.05, 3.63) is 63.9 Å². The first-order valence-electron chi connectivity index (χ1n) is 6.49. The topological polar surface area (TPSA) is 21.3 Å². The van der Waals surface area contributed by atoms with E-state index < -0.39 is 0 Å². The largest absolute Gasteiger partial charge is 0.489 e. The molecule has 0 aliphatic rings. The van der Waals surface area contributed by atoms with E-state index in [2.05, 4.69) is 45.5 Å². The maximum absolute atomic E-state index is 13.1. The molecular weight excluding hydrogens is 321 g/mol. The summed E-state index contributed by atoms with van der Waals surface area (Å²) in [6, 6.07) is 13.0. The molecule has 2 nitrogen and oxygen atoms in total. The van der Waals surface area contributed by atoms with Gasteiger partial charge in [0.2, 0.25) is 0 Å². The zero-order valence-electron chi connectivity index (χ0n) is 11.3. The van der Waals surface area contributed by atoms with Crippen molar-refractivity contribution < 1.29 is 9.13 Å². The highest BCUT2D eigenvalue weighted by atomic mass is 79.9. The van der Waals surface area contributed by atoms with Crippen LogP contribution in [0.25, 0.3) is 0 Å². The lowest BCUT2D eigenvalue weighted by Gasteiger charge is -2.08. The average Bonchev–Trinajstić information content (AvgIpc) is 2.47. The highest BCUT2D eigenvalue weighted by molar-refractivity contribution is 9.10. The fourth-order valence-corrected chi connectivity index (χ4v) is 2.16. The Morgan fingerprint density at radius 2 is 1.80 bits per heavy atom. The Kier molecular flexibility index (Phi) is 5.56. The zero-order chi connectivity index (χ0) is 14.4. The van der Waals surface area contributed by atoms with Crippen molar-refractivity contribution in [1.82, 2.24) is 5.32 Å². The van der Waals surface area contributed by atoms with Crippen LogP contribution >= 0.6 is 15.9 Å². The lowest BCUT2D eigenvalue weighted by atomic mass is 10.1. The van der Waals surface area contributed by atoms with E-state index >= 15 is 0 Å². The molecular formula is C16H17BrFNO. The second-order valence-electron chi connectivity index (χ2n) is 4.53. The second-order valence-corrected chi connectivity index (χ2v) is 5.39. The zero-order valence-corrected chi connectivity index (χ0v) is 12.9. The van der Waals surface area contributed by atoms with Crippen LogP contribution in [0, 0.1) is 5.82 Å². The standard InChI is InChI=1S/C16H17BrFNO/c1-19-9-8-12-2-4-13(5-3-12)11-20-14-6-7-16(18)15(17)10-14/h2-7,10,19H,8-9,11H2,1H3. The van der Waals surface area contributed by atoms with Crippen LogP contribution in [0.15, 0.2) is 46.9 Å². The van der Waals surface area contributed by atoms with Gasteiger partial charge in [-0.3, -0.25) is 0 Å². The van der Waals surface area contributed by atoms with Gasteiger partial charge in [0.25, 0.3) is 0 Å². The summed E-state index contributed by atoms with van der Waals surface area (Å²) < 4.78 is 19.2. The molecule has 0 heterocycles. The van der Waals surface area contributed by atoms with E-state index in [-0.39, 0.29) is 5.82 Å². The van der Waals surface area contributed by atoms with Crippen LogP contribution in [0.5, 0.6) is 5.75 Å². The van der Waals surface area contributed by atoms with Gasteiger partial charge in [0.15, 0.2) is 0 Å². The maximum atomic E-state index is 13.1. The van der Waals surface area contributed by atoms with Crippen LogP contribution in [-0.4, -0.2) is 13.6 Å². The molecule has 0 amide bonds. The molecule has 0 spiro atoms. The number of nitrogens with one attached hydrogen (secondary N) is 1. The normalized spacial score (nSPS) is 10.6. The molecule has 0 radical (unpaired) electrons. The minimum absolute atomic E-state index is 0.286. The molecule has 1 N–H and O–H groups in total. The van der Waals surface area contributed by atoms with Gasteiger partial charge in [0.05, 0.1) is 4.47 Å². The van der Waals surface area contributed by atoms with E-state index in [1.165, 1.54) is 11.6 Å². The smallest absolute Gasteiger partial charge is 0.137 e. The first-order chi connectivity index (χ1) is 9.69. The molecule has 0 aliphatic heterocycles. The van der Waals surface area contributed by atoms with Crippen molar-refractivity contribution in [1.29, 1.82) is 0 Å². The van der Waals surface area contributed by atoms with E-state index in [1.54, 1.807) is 12.1 Å². The van der Waals surface area contributed by atoms with Gasteiger partial charge in [-0.05, 0) is 65.3 Å². The van der Waals surface area contributed by atoms with Crippen molar-refractivity contribution in [3.63, 3.8) is 0 Å². The highest BCUT2D eigenvalue weighted by Crippen LogP contribution is 2.22. The van der Waals surface area contributed by atoms with Crippen LogP contribution in [0.2, 0.25) is 0 Å². The lowest BCUT2D eigenvalue weighted by Crippen LogP contribution is -2.10. The summed E-state index contributed by atoms with van der Waals surface area (Å²) in [5, 5.41) is 3.13. The van der Waals surface area contributed by atoms with Gasteiger partial charge in [0, 0.05) is 0 Å². The molecule has 0 bridgehead atoms. The summed E-state index contributed by atoms with van der Waals surface area (Å²) in [4.78, 5) is 0. The molecule has 0 saturated carbocycles. The predicted octanol–water partition coefficient (Wildman–Crippen LogP) is 3.93. The molecule has 2 aromatic carbocycles. The quantitative estimate of drug-likeness (QED) is 0.862. The second kappa shape index (κ2) is 7.41. The number of hydrogen-bond donors (Lipinski definition) is 1. The Bertz CT molecular complexity index is 557. The molecule has 0 fully saturated rings. The first kappa shape index (κ1) is 15.0. The Morgan fingerprint density at radius 3 is 2.45 bits per heavy atom. The number of halogens is 2. The minimum atomic E-state index is -0.286. The summed E-state index contributed by atoms with van der Waals surface area (Å²) in [5.74, 6) is 0.365. The van der Waals surface area contributed by atoms with Gasteiger partial charge in [-0.25, -0.2) is 4.39 Å². The van der Waals surface area contributed by atoms with E-state index in [0.29, 0.717) is 16.8 Å². The summed E-state index contributed by atoms with van der Waals surface area (Å²) in [7, 11) is 1.95. The van der Waals surface area contributed by atoms with E-state index in [9.17, 15) is 4.39 Å². The Morgan fingerprint density at radius 1 is 1.10 bits per heavy atom. The van der Waals surface area contributed by atoms with Gasteiger partial charge in [-0.1, -0.05) is 24.3 Å². The number of hydrogen-bond acceptors (Lipinski definition) is 2. The Labute approximate surface area is 127 Å². The third-order valence-corrected chi connectivity index (χ3v) is 3.59. The molecule has 4 heteroatoms. The SMILES string of the molecule is CNCCc1ccc(COc2ccc(F)c(Br)c2)cc1. The molecule has 2 aromatic rings. The van der Waals surface area contributed by atoms with Crippen molar-refractivity contribution in [2.24, 2.45) is 0 Å². The van der Waals surface area contributed by atoms with Gasteiger partial charge >= 0.3 is 0 Å². The minimum Gasteiger partial charge on any atom is -0.489 e. The van der Waals surface area contributed by atoms with Crippen molar-refractivity contribution in [3.8, 4) is 5.75 Å². The van der Waals surface area contributed by atoms with Gasteiger partial charge < -0.3 is 10.1 Å². The molecule has 0 aromatic heterocycles. The number of ether oxygens (including phenoxy) is 1. The maximum Gasteiger partial charge on any atom is 0.137 e. The molecule has 20 heavy (non-hydrogen) atoms. The molecule has 0 unspecified atom stereocenters. The van der Waals surface area contributed by atoms with Crippen LogP contribution < -0.4 is 10.1 Å². The van der Waals surface area contributed by atoms with Crippen LogP contribution in [0.3, 0.4) is 0 Å². The summed E-state index contributed by atoms with van der Waals surface area (Å²) in [5.41, 5.74) is 2.39. The lowest BCUT2D eigenvalue weighted by molar-refractivity contribution is 0.305. The Balaban J connectivity index is 1.91. The molecule has 2 rings (SSSR count). The van der Waals surface area contributed by atoms with Crippen LogP contribution in [0.1, 0.15) is 11.1 Å². The predicted molar refractivity (Wildman–Crippen MR) is 82.5 cm³/mol. The number of benzene rings is 2. The third kappa shape index (κ3) is 4.32. The van der Waals surface area contributed by atoms with Gasteiger partial charge in [-0.15, -0.1) is 0 Å². The highest BCUT2D eigenvalue weighted by Gasteiger charge is 2.02. The number of likely N-dealkylation sites (N-methyl/N-ethyl adjacent to an activating group) is 1. The summed E-state index contributed by atoms with van der Waals surface area (Å²) >= 11 is 3.14. The van der Waals surface area contributed by atoms with Crippen LogP contribution in [0.4, 0.5) is 4.39 Å². The van der Waals surface area contributed by atoms with Crippen LogP contribution in [-0.2, 0) is 13.0 Å². The summed E-state index contributed by atoms with van der Waals surface area (Å²) in [6.45, 7) is 1.45. The average molecular weight is 338 g/mol. The van der Waals surface area contributed by atoms with Gasteiger partial charge in [-0.2, -0.15) is 0 Å². The molecule has 106 valence electrons. The Hall–Kier alpha value is -1.39. The van der Waals surface area contributed by atoms with Crippen molar-refractivity contribution in [2.75, 3.05) is 13.6 Å². The fourth-order valence-electron chi connectivity index (χ4n) is 1.80. The molecule has 0 saturated heterocycles. The van der Waals surface area contributed by atoms with Crippen molar-refractivity contribution >= 4 is 15.9 Å². The first-order valence-corrected chi connectivity index (χ1v) is 7.28. The van der Waals surface area contributed by atoms with E-state index in [4.69, 9.17) is 4.74 Å². The third-order valence-electron chi connectivity index (χ3n) is 2.98. The molecule has 0 atom stereocenters. The van der Waals surface area contributed by atoms with E-state index in [0.717, 1.165) is 18.5 Å². The molecule has 0 aliphatic carbocycles. The fraction of sp³-hybridized carbons (Fsp3) is 0.250.